The molecule has 1 atom stereocenters. The summed E-state index contributed by atoms with van der Waals surface area (Å²) in [5.41, 5.74) is 3.90. The molecule has 0 aliphatic heterocycles. The summed E-state index contributed by atoms with van der Waals surface area (Å²) in [6.07, 6.45) is 6.79. The highest BCUT2D eigenvalue weighted by Gasteiger charge is 2.25. The van der Waals surface area contributed by atoms with Crippen molar-refractivity contribution in [2.75, 3.05) is 7.05 Å². The smallest absolute Gasteiger partial charge is 0.0456 e. The van der Waals surface area contributed by atoms with Gasteiger partial charge in [-0.15, -0.1) is 0 Å². The maximum atomic E-state index is 6.45. The molecular weight excluding hydrogens is 242 g/mol. The molecule has 0 saturated heterocycles. The van der Waals surface area contributed by atoms with Crippen molar-refractivity contribution in [2.24, 2.45) is 5.92 Å². The summed E-state index contributed by atoms with van der Waals surface area (Å²) < 4.78 is 0. The molecule has 1 unspecified atom stereocenters. The van der Waals surface area contributed by atoms with Crippen molar-refractivity contribution in [1.82, 2.24) is 5.32 Å². The van der Waals surface area contributed by atoms with E-state index in [-0.39, 0.29) is 0 Å². The molecule has 1 aliphatic rings. The molecule has 1 saturated carbocycles. The molecular formula is C16H24ClN. The predicted molar refractivity (Wildman–Crippen MR) is 79.3 cm³/mol. The third-order valence-corrected chi connectivity index (χ3v) is 4.71. The first kappa shape index (κ1) is 13.9. The maximum absolute atomic E-state index is 6.45. The van der Waals surface area contributed by atoms with Crippen LogP contribution in [0.5, 0.6) is 0 Å². The summed E-state index contributed by atoms with van der Waals surface area (Å²) in [6, 6.07) is 4.80. The predicted octanol–water partition coefficient (Wildman–Crippen LogP) is 4.80. The summed E-state index contributed by atoms with van der Waals surface area (Å²) >= 11 is 6.45. The van der Waals surface area contributed by atoms with Crippen LogP contribution in [0.4, 0.5) is 0 Å². The minimum atomic E-state index is 0.414. The van der Waals surface area contributed by atoms with E-state index in [1.54, 1.807) is 0 Å². The molecule has 0 amide bonds. The van der Waals surface area contributed by atoms with E-state index in [1.807, 2.05) is 0 Å². The number of halogens is 1. The van der Waals surface area contributed by atoms with E-state index in [0.717, 1.165) is 10.9 Å². The Morgan fingerprint density at radius 3 is 2.33 bits per heavy atom. The van der Waals surface area contributed by atoms with Crippen LogP contribution in [0.2, 0.25) is 5.02 Å². The lowest BCUT2D eigenvalue weighted by molar-refractivity contribution is 0.281. The van der Waals surface area contributed by atoms with Crippen molar-refractivity contribution >= 4 is 11.6 Å². The van der Waals surface area contributed by atoms with E-state index in [2.05, 4.69) is 38.3 Å². The van der Waals surface area contributed by atoms with Gasteiger partial charge >= 0.3 is 0 Å². The average Bonchev–Trinajstić information content (AvgIpc) is 2.38. The van der Waals surface area contributed by atoms with Crippen LogP contribution in [0.15, 0.2) is 12.1 Å². The van der Waals surface area contributed by atoms with E-state index in [1.165, 1.54) is 48.8 Å². The lowest BCUT2D eigenvalue weighted by Crippen LogP contribution is -2.27. The Morgan fingerprint density at radius 1 is 1.11 bits per heavy atom. The lowest BCUT2D eigenvalue weighted by atomic mass is 9.80. The van der Waals surface area contributed by atoms with Crippen LogP contribution < -0.4 is 5.32 Å². The zero-order chi connectivity index (χ0) is 13.1. The molecule has 1 aromatic rings. The van der Waals surface area contributed by atoms with Crippen LogP contribution in [0.25, 0.3) is 0 Å². The first-order chi connectivity index (χ1) is 8.63. The first-order valence-electron chi connectivity index (χ1n) is 7.07. The molecule has 1 nitrogen and oxygen atoms in total. The highest BCUT2D eigenvalue weighted by molar-refractivity contribution is 6.31. The van der Waals surface area contributed by atoms with Gasteiger partial charge < -0.3 is 5.32 Å². The Morgan fingerprint density at radius 2 is 1.72 bits per heavy atom. The number of nitrogens with one attached hydrogen (secondary N) is 1. The van der Waals surface area contributed by atoms with Crippen molar-refractivity contribution < 1.29 is 0 Å². The zero-order valence-electron chi connectivity index (χ0n) is 11.7. The molecule has 0 heterocycles. The number of aryl methyl sites for hydroxylation is 2. The summed E-state index contributed by atoms with van der Waals surface area (Å²) in [5, 5.41) is 4.41. The van der Waals surface area contributed by atoms with E-state index in [0.29, 0.717) is 6.04 Å². The molecule has 0 bridgehead atoms. The van der Waals surface area contributed by atoms with E-state index >= 15 is 0 Å². The van der Waals surface area contributed by atoms with Gasteiger partial charge in [-0.1, -0.05) is 36.9 Å². The minimum Gasteiger partial charge on any atom is -0.313 e. The molecule has 1 aliphatic carbocycles. The minimum absolute atomic E-state index is 0.414. The second-order valence-electron chi connectivity index (χ2n) is 5.62. The molecule has 1 N–H and O–H groups in total. The summed E-state index contributed by atoms with van der Waals surface area (Å²) in [4.78, 5) is 0. The Labute approximate surface area is 116 Å². The highest BCUT2D eigenvalue weighted by Crippen LogP contribution is 2.37. The molecule has 1 aromatic carbocycles. The topological polar surface area (TPSA) is 12.0 Å². The molecule has 1 fully saturated rings. The highest BCUT2D eigenvalue weighted by atomic mass is 35.5. The molecule has 2 rings (SSSR count). The second-order valence-corrected chi connectivity index (χ2v) is 6.03. The van der Waals surface area contributed by atoms with Gasteiger partial charge in [0.2, 0.25) is 0 Å². The summed E-state index contributed by atoms with van der Waals surface area (Å²) in [6.45, 7) is 4.29. The van der Waals surface area contributed by atoms with Crippen LogP contribution >= 0.6 is 11.6 Å². The lowest BCUT2D eigenvalue weighted by Gasteiger charge is -2.31. The third-order valence-electron chi connectivity index (χ3n) is 4.38. The first-order valence-corrected chi connectivity index (χ1v) is 7.45. The average molecular weight is 266 g/mol. The second kappa shape index (κ2) is 6.08. The summed E-state index contributed by atoms with van der Waals surface area (Å²) in [5.74, 6) is 0.739. The van der Waals surface area contributed by atoms with Crippen molar-refractivity contribution in [3.8, 4) is 0 Å². The molecule has 0 radical (unpaired) electrons. The monoisotopic (exact) mass is 265 g/mol. The number of hydrogen-bond donors (Lipinski definition) is 1. The number of benzene rings is 1. The fourth-order valence-corrected chi connectivity index (χ4v) is 3.49. The van der Waals surface area contributed by atoms with Gasteiger partial charge in [0.25, 0.3) is 0 Å². The molecule has 18 heavy (non-hydrogen) atoms. The SMILES string of the molecule is CNC(c1cc(C)c(C)cc1Cl)C1CCCCC1. The molecule has 2 heteroatoms. The van der Waals surface area contributed by atoms with Crippen molar-refractivity contribution in [3.05, 3.63) is 33.8 Å². The standard InChI is InChI=1S/C16H24ClN/c1-11-9-14(15(17)10-12(11)2)16(18-3)13-7-5-4-6-8-13/h9-10,13,16,18H,4-8H2,1-3H3. The van der Waals surface area contributed by atoms with Gasteiger partial charge in [-0.05, 0) is 62.4 Å². The fraction of sp³-hybridized carbons (Fsp3) is 0.625. The van der Waals surface area contributed by atoms with Crippen molar-refractivity contribution in [1.29, 1.82) is 0 Å². The van der Waals surface area contributed by atoms with E-state index < -0.39 is 0 Å². The van der Waals surface area contributed by atoms with Gasteiger partial charge in [0.1, 0.15) is 0 Å². The van der Waals surface area contributed by atoms with Gasteiger partial charge in [-0.25, -0.2) is 0 Å². The van der Waals surface area contributed by atoms with Gasteiger partial charge in [0.15, 0.2) is 0 Å². The van der Waals surface area contributed by atoms with E-state index in [9.17, 15) is 0 Å². The maximum Gasteiger partial charge on any atom is 0.0456 e. The van der Waals surface area contributed by atoms with Crippen molar-refractivity contribution in [2.45, 2.75) is 52.0 Å². The number of hydrogen-bond acceptors (Lipinski definition) is 1. The molecule has 100 valence electrons. The zero-order valence-corrected chi connectivity index (χ0v) is 12.5. The van der Waals surface area contributed by atoms with E-state index in [4.69, 9.17) is 11.6 Å². The van der Waals surface area contributed by atoms with Crippen molar-refractivity contribution in [3.63, 3.8) is 0 Å². The fourth-order valence-electron chi connectivity index (χ4n) is 3.15. The van der Waals surface area contributed by atoms with Crippen LogP contribution in [-0.2, 0) is 0 Å². The Bertz CT molecular complexity index is 408. The van der Waals surface area contributed by atoms with Gasteiger partial charge in [-0.2, -0.15) is 0 Å². The Hall–Kier alpha value is -0.530. The quantitative estimate of drug-likeness (QED) is 0.828. The number of rotatable bonds is 3. The molecule has 0 spiro atoms. The van der Waals surface area contributed by atoms with Crippen LogP contribution in [-0.4, -0.2) is 7.05 Å². The third kappa shape index (κ3) is 2.89. The van der Waals surface area contributed by atoms with Crippen LogP contribution in [0.1, 0.15) is 54.8 Å². The van der Waals surface area contributed by atoms with Crippen LogP contribution in [0.3, 0.4) is 0 Å². The largest absolute Gasteiger partial charge is 0.313 e. The Kier molecular flexibility index (Phi) is 4.69. The Balaban J connectivity index is 2.28. The van der Waals surface area contributed by atoms with Gasteiger partial charge in [-0.3, -0.25) is 0 Å². The normalized spacial score (nSPS) is 18.9. The molecule has 0 aromatic heterocycles. The van der Waals surface area contributed by atoms with Gasteiger partial charge in [0, 0.05) is 11.1 Å². The summed E-state index contributed by atoms with van der Waals surface area (Å²) in [7, 11) is 2.06. The van der Waals surface area contributed by atoms with Gasteiger partial charge in [0.05, 0.1) is 0 Å². The van der Waals surface area contributed by atoms with Crippen LogP contribution in [0, 0.1) is 19.8 Å².